The van der Waals surface area contributed by atoms with E-state index in [4.69, 9.17) is 4.74 Å². The monoisotopic (exact) mass is 493 g/mol. The summed E-state index contributed by atoms with van der Waals surface area (Å²) in [4.78, 5) is 4.28. The summed E-state index contributed by atoms with van der Waals surface area (Å²) < 4.78 is 17.9. The summed E-state index contributed by atoms with van der Waals surface area (Å²) >= 11 is 0. The van der Waals surface area contributed by atoms with Crippen molar-refractivity contribution in [3.63, 3.8) is 0 Å². The van der Waals surface area contributed by atoms with Gasteiger partial charge in [-0.25, -0.2) is 0 Å². The van der Waals surface area contributed by atoms with Crippen molar-refractivity contribution in [2.24, 2.45) is 10.4 Å². The first kappa shape index (κ1) is 23.4. The maximum absolute atomic E-state index is 12.2. The minimum absolute atomic E-state index is 0. The first-order valence-corrected chi connectivity index (χ1v) is 10.2. The van der Waals surface area contributed by atoms with Gasteiger partial charge in [0.05, 0.1) is 5.60 Å². The topological polar surface area (TPSA) is 62.7 Å². The molecule has 1 aromatic rings. The van der Waals surface area contributed by atoms with Crippen molar-refractivity contribution < 1.29 is 8.95 Å². The summed E-state index contributed by atoms with van der Waals surface area (Å²) in [5.74, 6) is 1.95. The molecule has 26 heavy (non-hydrogen) atoms. The van der Waals surface area contributed by atoms with Crippen molar-refractivity contribution in [3.05, 3.63) is 35.9 Å². The first-order valence-electron chi connectivity index (χ1n) is 8.73. The summed E-state index contributed by atoms with van der Waals surface area (Å²) in [5.41, 5.74) is 1.02. The van der Waals surface area contributed by atoms with Crippen LogP contribution in [0.5, 0.6) is 0 Å². The van der Waals surface area contributed by atoms with Crippen LogP contribution in [0.4, 0.5) is 0 Å². The molecule has 1 aromatic carbocycles. The van der Waals surface area contributed by atoms with Crippen molar-refractivity contribution in [2.45, 2.75) is 44.6 Å². The molecule has 3 atom stereocenters. The molecule has 0 radical (unpaired) electrons. The van der Waals surface area contributed by atoms with Crippen molar-refractivity contribution in [3.8, 4) is 0 Å². The van der Waals surface area contributed by atoms with E-state index in [1.54, 1.807) is 14.2 Å². The maximum Gasteiger partial charge on any atom is 0.191 e. The van der Waals surface area contributed by atoms with Gasteiger partial charge in [-0.05, 0) is 18.9 Å². The molecule has 0 saturated heterocycles. The van der Waals surface area contributed by atoms with Crippen LogP contribution in [0.15, 0.2) is 35.3 Å². The Bertz CT molecular complexity index is 624. The summed E-state index contributed by atoms with van der Waals surface area (Å²) in [5, 5.41) is 6.74. The Labute approximate surface area is 177 Å². The first-order chi connectivity index (χ1) is 11.8. The molecule has 3 unspecified atom stereocenters. The van der Waals surface area contributed by atoms with Crippen LogP contribution < -0.4 is 10.6 Å². The normalized spacial score (nSPS) is 25.6. The molecule has 5 nitrogen and oxygen atoms in total. The quantitative estimate of drug-likeness (QED) is 0.349. The second-order valence-corrected chi connectivity index (χ2v) is 8.91. The molecule has 2 rings (SSSR count). The molecule has 7 heteroatoms. The fraction of sp³-hybridized carbons (Fsp3) is 0.632. The second kappa shape index (κ2) is 10.0. The van der Waals surface area contributed by atoms with Crippen LogP contribution >= 0.6 is 24.0 Å². The fourth-order valence-electron chi connectivity index (χ4n) is 3.20. The Kier molecular flexibility index (Phi) is 9.02. The molecule has 1 fully saturated rings. The Morgan fingerprint density at radius 2 is 1.96 bits per heavy atom. The number of halogens is 1. The second-order valence-electron chi connectivity index (χ2n) is 7.33. The van der Waals surface area contributed by atoms with Gasteiger partial charge in [-0.15, -0.1) is 24.0 Å². The zero-order valence-corrected chi connectivity index (χ0v) is 19.5. The number of hydrogen-bond donors (Lipinski definition) is 2. The molecule has 1 aliphatic rings. The molecule has 0 amide bonds. The van der Waals surface area contributed by atoms with E-state index in [0.717, 1.165) is 17.9 Å². The van der Waals surface area contributed by atoms with Gasteiger partial charge in [0.1, 0.15) is 0 Å². The van der Waals surface area contributed by atoms with Gasteiger partial charge < -0.3 is 15.4 Å². The molecule has 1 saturated carbocycles. The Morgan fingerprint density at radius 1 is 1.31 bits per heavy atom. The van der Waals surface area contributed by atoms with Crippen molar-refractivity contribution in [1.82, 2.24) is 10.6 Å². The minimum atomic E-state index is -0.884. The number of benzene rings is 1. The van der Waals surface area contributed by atoms with E-state index in [0.29, 0.717) is 24.1 Å². The third-order valence-electron chi connectivity index (χ3n) is 5.61. The molecule has 0 heterocycles. The lowest BCUT2D eigenvalue weighted by atomic mass is 9.56. The predicted molar refractivity (Wildman–Crippen MR) is 121 cm³/mol. The van der Waals surface area contributed by atoms with E-state index in [9.17, 15) is 4.21 Å². The molecule has 0 spiro atoms. The van der Waals surface area contributed by atoms with Crippen molar-refractivity contribution >= 4 is 40.7 Å². The van der Waals surface area contributed by atoms with Gasteiger partial charge in [0, 0.05) is 54.5 Å². The number of rotatable bonds is 7. The number of guanidine groups is 1. The number of hydrogen-bond acceptors (Lipinski definition) is 3. The lowest BCUT2D eigenvalue weighted by Gasteiger charge is -2.59. The van der Waals surface area contributed by atoms with E-state index in [1.165, 1.54) is 0 Å². The van der Waals surface area contributed by atoms with Crippen LogP contribution in [0, 0.1) is 5.41 Å². The zero-order chi connectivity index (χ0) is 18.5. The number of nitrogens with zero attached hydrogens (tertiary/aromatic N) is 1. The highest BCUT2D eigenvalue weighted by Gasteiger charge is 2.58. The molecule has 0 bridgehead atoms. The van der Waals surface area contributed by atoms with Gasteiger partial charge in [-0.1, -0.05) is 44.2 Å². The average molecular weight is 493 g/mol. The third-order valence-corrected chi connectivity index (χ3v) is 6.92. The molecule has 0 aliphatic heterocycles. The van der Waals surface area contributed by atoms with Gasteiger partial charge in [0.25, 0.3) is 0 Å². The summed E-state index contributed by atoms with van der Waals surface area (Å²) in [6.07, 6.45) is 0.942. The van der Waals surface area contributed by atoms with E-state index < -0.39 is 10.8 Å². The summed E-state index contributed by atoms with van der Waals surface area (Å²) in [6, 6.07) is 10.3. The van der Waals surface area contributed by atoms with Gasteiger partial charge in [-0.3, -0.25) is 9.20 Å². The van der Waals surface area contributed by atoms with Crippen LogP contribution in [0.1, 0.15) is 32.8 Å². The van der Waals surface area contributed by atoms with E-state index in [2.05, 4.69) is 36.4 Å². The Balaban J connectivity index is 0.00000338. The fourth-order valence-corrected chi connectivity index (χ4v) is 4.24. The summed E-state index contributed by atoms with van der Waals surface area (Å²) in [6.45, 7) is 7.20. The van der Waals surface area contributed by atoms with Gasteiger partial charge in [0.15, 0.2) is 5.96 Å². The van der Waals surface area contributed by atoms with Crippen LogP contribution in [0.2, 0.25) is 0 Å². The van der Waals surface area contributed by atoms with Gasteiger partial charge in [0.2, 0.25) is 0 Å². The molecule has 2 N–H and O–H groups in total. The minimum Gasteiger partial charge on any atom is -0.378 e. The van der Waals surface area contributed by atoms with E-state index >= 15 is 0 Å². The largest absolute Gasteiger partial charge is 0.378 e. The molecular weight excluding hydrogens is 461 g/mol. The zero-order valence-electron chi connectivity index (χ0n) is 16.4. The average Bonchev–Trinajstić information content (AvgIpc) is 2.60. The predicted octanol–water partition coefficient (Wildman–Crippen LogP) is 2.92. The van der Waals surface area contributed by atoms with E-state index in [-0.39, 0.29) is 35.0 Å². The van der Waals surface area contributed by atoms with Gasteiger partial charge >= 0.3 is 0 Å². The standard InChI is InChI=1S/C19H31N3O2S.HI/c1-18(2)16(13-19(18,3)24-5)22-17(20-4)21-11-12-25(23)14-15-9-7-6-8-10-15;/h6-10,16H,11-14H2,1-5H3,(H2,20,21,22);1H. The number of ether oxygens (including phenoxy) is 1. The number of aliphatic imine (C=N–C) groups is 1. The Hall–Kier alpha value is -0.670. The molecule has 0 aromatic heterocycles. The summed E-state index contributed by atoms with van der Waals surface area (Å²) in [7, 11) is 2.65. The van der Waals surface area contributed by atoms with Crippen molar-refractivity contribution in [1.29, 1.82) is 0 Å². The van der Waals surface area contributed by atoms with Gasteiger partial charge in [-0.2, -0.15) is 0 Å². The van der Waals surface area contributed by atoms with Crippen LogP contribution in [0.25, 0.3) is 0 Å². The molecule has 148 valence electrons. The van der Waals surface area contributed by atoms with Crippen LogP contribution in [-0.4, -0.2) is 48.3 Å². The maximum atomic E-state index is 12.2. The van der Waals surface area contributed by atoms with Crippen molar-refractivity contribution in [2.75, 3.05) is 26.5 Å². The number of methoxy groups -OCH3 is 1. The highest BCUT2D eigenvalue weighted by atomic mass is 127. The smallest absolute Gasteiger partial charge is 0.191 e. The SMILES string of the molecule is CN=C(NCCS(=O)Cc1ccccc1)NC1CC(C)(OC)C1(C)C.I. The van der Waals surface area contributed by atoms with Crippen LogP contribution in [-0.2, 0) is 21.3 Å². The lowest BCUT2D eigenvalue weighted by Crippen LogP contribution is -2.69. The Morgan fingerprint density at radius 3 is 2.50 bits per heavy atom. The number of nitrogens with one attached hydrogen (secondary N) is 2. The lowest BCUT2D eigenvalue weighted by molar-refractivity contribution is -0.176. The van der Waals surface area contributed by atoms with E-state index in [1.807, 2.05) is 30.3 Å². The molecular formula is C19H32IN3O2S. The van der Waals surface area contributed by atoms with Crippen LogP contribution in [0.3, 0.4) is 0 Å². The third kappa shape index (κ3) is 5.42. The highest BCUT2D eigenvalue weighted by Crippen LogP contribution is 2.51. The molecule has 1 aliphatic carbocycles. The highest BCUT2D eigenvalue weighted by molar-refractivity contribution is 14.0.